The third kappa shape index (κ3) is 5.78. The summed E-state index contributed by atoms with van der Waals surface area (Å²) in [6.45, 7) is 8.80. The molecule has 1 heterocycles. The van der Waals surface area contributed by atoms with E-state index in [-0.39, 0.29) is 11.9 Å². The van der Waals surface area contributed by atoms with Crippen LogP contribution in [0.25, 0.3) is 6.08 Å². The Morgan fingerprint density at radius 3 is 2.41 bits per heavy atom. The van der Waals surface area contributed by atoms with E-state index in [9.17, 15) is 4.79 Å². The highest BCUT2D eigenvalue weighted by atomic mass is 32.2. The number of aryl methyl sites for hydroxylation is 2. The summed E-state index contributed by atoms with van der Waals surface area (Å²) in [6.07, 6.45) is 2.80. The van der Waals surface area contributed by atoms with Crippen LogP contribution in [0.1, 0.15) is 42.5 Å². The van der Waals surface area contributed by atoms with Crippen LogP contribution in [0.3, 0.4) is 0 Å². The molecule has 1 amide bonds. The van der Waals surface area contributed by atoms with E-state index in [1.165, 1.54) is 22.9 Å². The molecule has 5 heteroatoms. The highest BCUT2D eigenvalue weighted by molar-refractivity contribution is 8.18. The van der Waals surface area contributed by atoms with Crippen molar-refractivity contribution in [3.8, 4) is 5.75 Å². The minimum absolute atomic E-state index is 0.00462. The number of nitrogens with zero attached hydrogens (tertiary/aromatic N) is 2. The maximum absolute atomic E-state index is 13.3. The predicted molar refractivity (Wildman–Crippen MR) is 142 cm³/mol. The molecule has 0 saturated carbocycles. The molecule has 34 heavy (non-hydrogen) atoms. The van der Waals surface area contributed by atoms with E-state index in [0.29, 0.717) is 11.5 Å². The van der Waals surface area contributed by atoms with Gasteiger partial charge in [0.15, 0.2) is 5.17 Å². The Hall–Kier alpha value is -3.31. The van der Waals surface area contributed by atoms with Gasteiger partial charge in [-0.1, -0.05) is 66.6 Å². The first-order valence-corrected chi connectivity index (χ1v) is 12.4. The van der Waals surface area contributed by atoms with Gasteiger partial charge in [-0.15, -0.1) is 0 Å². The van der Waals surface area contributed by atoms with Crippen LogP contribution < -0.4 is 4.74 Å². The lowest BCUT2D eigenvalue weighted by molar-refractivity contribution is -0.123. The Morgan fingerprint density at radius 1 is 1.00 bits per heavy atom. The van der Waals surface area contributed by atoms with Gasteiger partial charge in [-0.25, -0.2) is 4.99 Å². The predicted octanol–water partition coefficient (Wildman–Crippen LogP) is 7.28. The molecule has 1 aliphatic rings. The molecule has 3 aromatic rings. The molecule has 1 atom stereocenters. The Labute approximate surface area is 206 Å². The van der Waals surface area contributed by atoms with Gasteiger partial charge in [-0.05, 0) is 80.4 Å². The molecule has 174 valence electrons. The third-order valence-electron chi connectivity index (χ3n) is 5.79. The van der Waals surface area contributed by atoms with Crippen LogP contribution in [0.15, 0.2) is 82.7 Å². The molecule has 1 aliphatic heterocycles. The molecule has 0 unspecified atom stereocenters. The average Bonchev–Trinajstić information content (AvgIpc) is 3.14. The van der Waals surface area contributed by atoms with Crippen molar-refractivity contribution in [2.45, 2.75) is 46.8 Å². The third-order valence-corrected chi connectivity index (χ3v) is 6.78. The van der Waals surface area contributed by atoms with E-state index < -0.39 is 0 Å². The first kappa shape index (κ1) is 23.8. The summed E-state index contributed by atoms with van der Waals surface area (Å²) in [7, 11) is 0. The van der Waals surface area contributed by atoms with Crippen molar-refractivity contribution in [1.82, 2.24) is 4.90 Å². The largest absolute Gasteiger partial charge is 0.489 e. The second kappa shape index (κ2) is 10.7. The SMILES string of the molecule is CC[C@@H](C)N1C(=O)/C(=C\c2ccc(OCc3cccc(C)c3)cc2)SC1=Nc1ccc(C)cc1. The number of hydrogen-bond donors (Lipinski definition) is 0. The van der Waals surface area contributed by atoms with E-state index in [1.807, 2.05) is 65.6 Å². The van der Waals surface area contributed by atoms with Gasteiger partial charge in [0.2, 0.25) is 0 Å². The van der Waals surface area contributed by atoms with Crippen LogP contribution in [-0.2, 0) is 11.4 Å². The van der Waals surface area contributed by atoms with E-state index in [1.54, 1.807) is 0 Å². The van der Waals surface area contributed by atoms with E-state index in [4.69, 9.17) is 9.73 Å². The van der Waals surface area contributed by atoms with Gasteiger partial charge in [0.1, 0.15) is 12.4 Å². The fraction of sp³-hybridized carbons (Fsp3) is 0.241. The highest BCUT2D eigenvalue weighted by Gasteiger charge is 2.36. The number of carbonyl (C=O) groups excluding carboxylic acids is 1. The summed E-state index contributed by atoms with van der Waals surface area (Å²) in [4.78, 5) is 20.5. The summed E-state index contributed by atoms with van der Waals surface area (Å²) in [5, 5.41) is 0.729. The zero-order valence-corrected chi connectivity index (χ0v) is 20.9. The smallest absolute Gasteiger partial charge is 0.266 e. The first-order valence-electron chi connectivity index (χ1n) is 11.6. The maximum atomic E-state index is 13.3. The number of aliphatic imine (C=N–C) groups is 1. The Kier molecular flexibility index (Phi) is 7.53. The average molecular weight is 471 g/mol. The Morgan fingerprint density at radius 2 is 1.74 bits per heavy atom. The van der Waals surface area contributed by atoms with E-state index in [0.717, 1.165) is 34.2 Å². The van der Waals surface area contributed by atoms with Gasteiger partial charge in [0.25, 0.3) is 5.91 Å². The molecule has 4 nitrogen and oxygen atoms in total. The van der Waals surface area contributed by atoms with Gasteiger partial charge >= 0.3 is 0 Å². The molecule has 4 rings (SSSR count). The number of ether oxygens (including phenoxy) is 1. The lowest BCUT2D eigenvalue weighted by atomic mass is 10.1. The standard InChI is InChI=1S/C29H30N2O2S/c1-5-22(4)31-28(32)27(34-29(31)30-25-13-9-20(2)10-14-25)18-23-11-15-26(16-12-23)33-19-24-8-6-7-21(3)17-24/h6-18,22H,5,19H2,1-4H3/b27-18+,30-29?/t22-/m1/s1. The number of rotatable bonds is 7. The molecule has 1 fully saturated rings. The number of carbonyl (C=O) groups is 1. The molecule has 0 bridgehead atoms. The minimum atomic E-state index is 0.00462. The zero-order valence-electron chi connectivity index (χ0n) is 20.1. The van der Waals surface area contributed by atoms with E-state index in [2.05, 4.69) is 45.9 Å². The highest BCUT2D eigenvalue weighted by Crippen LogP contribution is 2.36. The summed E-state index contributed by atoms with van der Waals surface area (Å²) in [5.74, 6) is 0.807. The Balaban J connectivity index is 1.51. The van der Waals surface area contributed by atoms with E-state index >= 15 is 0 Å². The van der Waals surface area contributed by atoms with Crippen molar-refractivity contribution < 1.29 is 9.53 Å². The maximum Gasteiger partial charge on any atom is 0.266 e. The Bertz CT molecular complexity index is 1210. The van der Waals surface area contributed by atoms with Crippen molar-refractivity contribution >= 4 is 34.6 Å². The lowest BCUT2D eigenvalue weighted by Gasteiger charge is -2.22. The van der Waals surface area contributed by atoms with Crippen molar-refractivity contribution in [2.24, 2.45) is 4.99 Å². The monoisotopic (exact) mass is 470 g/mol. The first-order chi connectivity index (χ1) is 16.4. The van der Waals surface area contributed by atoms with Crippen LogP contribution in [-0.4, -0.2) is 22.0 Å². The van der Waals surface area contributed by atoms with Crippen LogP contribution in [0.5, 0.6) is 5.75 Å². The number of thioether (sulfide) groups is 1. The van der Waals surface area contributed by atoms with Crippen molar-refractivity contribution in [3.05, 3.63) is 100.0 Å². The van der Waals surface area contributed by atoms with Gasteiger partial charge in [-0.3, -0.25) is 9.69 Å². The molecule has 0 N–H and O–H groups in total. The number of hydrogen-bond acceptors (Lipinski definition) is 4. The van der Waals surface area contributed by atoms with Crippen LogP contribution in [0.4, 0.5) is 5.69 Å². The molecule has 0 radical (unpaired) electrons. The van der Waals surface area contributed by atoms with Gasteiger partial charge < -0.3 is 4.74 Å². The zero-order chi connectivity index (χ0) is 24.1. The molecule has 0 aromatic heterocycles. The van der Waals surface area contributed by atoms with Crippen molar-refractivity contribution in [3.63, 3.8) is 0 Å². The summed E-state index contributed by atoms with van der Waals surface area (Å²) in [5.41, 5.74) is 5.36. The molecule has 3 aromatic carbocycles. The second-order valence-electron chi connectivity index (χ2n) is 8.62. The van der Waals surface area contributed by atoms with Gasteiger partial charge in [0.05, 0.1) is 10.6 Å². The second-order valence-corrected chi connectivity index (χ2v) is 9.63. The molecule has 0 spiro atoms. The summed E-state index contributed by atoms with van der Waals surface area (Å²) < 4.78 is 5.93. The topological polar surface area (TPSA) is 41.9 Å². The van der Waals surface area contributed by atoms with Crippen LogP contribution in [0, 0.1) is 13.8 Å². The normalized spacial score (nSPS) is 16.9. The molecular weight excluding hydrogens is 440 g/mol. The fourth-order valence-corrected chi connectivity index (χ4v) is 4.74. The van der Waals surface area contributed by atoms with Crippen LogP contribution >= 0.6 is 11.8 Å². The number of amides is 1. The summed E-state index contributed by atoms with van der Waals surface area (Å²) >= 11 is 1.43. The lowest BCUT2D eigenvalue weighted by Crippen LogP contribution is -2.36. The fourth-order valence-electron chi connectivity index (χ4n) is 3.65. The summed E-state index contributed by atoms with van der Waals surface area (Å²) in [6, 6.07) is 24.3. The number of amidine groups is 1. The molecule has 1 saturated heterocycles. The van der Waals surface area contributed by atoms with Crippen LogP contribution in [0.2, 0.25) is 0 Å². The number of benzene rings is 3. The molecule has 0 aliphatic carbocycles. The minimum Gasteiger partial charge on any atom is -0.489 e. The quantitative estimate of drug-likeness (QED) is 0.341. The van der Waals surface area contributed by atoms with Crippen molar-refractivity contribution in [2.75, 3.05) is 0 Å². The van der Waals surface area contributed by atoms with Gasteiger partial charge in [0, 0.05) is 6.04 Å². The molecular formula is C29H30N2O2S. The van der Waals surface area contributed by atoms with Crippen molar-refractivity contribution in [1.29, 1.82) is 0 Å². The van der Waals surface area contributed by atoms with Gasteiger partial charge in [-0.2, -0.15) is 0 Å².